The van der Waals surface area contributed by atoms with Crippen molar-refractivity contribution < 1.29 is 18.3 Å². The summed E-state index contributed by atoms with van der Waals surface area (Å²) in [6.07, 6.45) is 4.67. The van der Waals surface area contributed by atoms with Gasteiger partial charge in [0.25, 0.3) is 0 Å². The standard InChI is InChI=1S/C13H17NO4S2/c1-19-11-6-5-10(8-11)14-20(17,18)12-4-2-3-9(7-12)13(15)16/h2-4,7,10-11,14H,5-6,8H2,1H3,(H,15,16). The molecule has 20 heavy (non-hydrogen) atoms. The minimum atomic E-state index is -3.65. The van der Waals surface area contributed by atoms with Gasteiger partial charge in [-0.3, -0.25) is 0 Å². The number of carboxylic acid groups (broad SMARTS) is 1. The Hall–Kier alpha value is -1.05. The van der Waals surface area contributed by atoms with Crippen molar-refractivity contribution in [1.82, 2.24) is 4.72 Å². The van der Waals surface area contributed by atoms with E-state index in [1.165, 1.54) is 24.3 Å². The highest BCUT2D eigenvalue weighted by Gasteiger charge is 2.28. The Labute approximate surface area is 122 Å². The van der Waals surface area contributed by atoms with Gasteiger partial charge in [0.1, 0.15) is 0 Å². The molecule has 7 heteroatoms. The summed E-state index contributed by atoms with van der Waals surface area (Å²) in [7, 11) is -3.65. The van der Waals surface area contributed by atoms with Crippen LogP contribution in [0.25, 0.3) is 0 Å². The second kappa shape index (κ2) is 6.15. The number of carbonyl (C=O) groups is 1. The summed E-state index contributed by atoms with van der Waals surface area (Å²) in [5.74, 6) is -1.13. The van der Waals surface area contributed by atoms with Crippen LogP contribution in [0.4, 0.5) is 0 Å². The summed E-state index contributed by atoms with van der Waals surface area (Å²) in [6.45, 7) is 0. The Bertz CT molecular complexity index is 600. The topological polar surface area (TPSA) is 83.5 Å². The van der Waals surface area contributed by atoms with Gasteiger partial charge < -0.3 is 5.11 Å². The van der Waals surface area contributed by atoms with Crippen molar-refractivity contribution in [2.45, 2.75) is 35.4 Å². The van der Waals surface area contributed by atoms with Crippen LogP contribution >= 0.6 is 11.8 Å². The van der Waals surface area contributed by atoms with Crippen LogP contribution in [0.2, 0.25) is 0 Å². The predicted octanol–water partition coefficient (Wildman–Crippen LogP) is 1.95. The number of aromatic carboxylic acids is 1. The lowest BCUT2D eigenvalue weighted by atomic mass is 10.2. The normalized spacial score (nSPS) is 22.9. The van der Waals surface area contributed by atoms with E-state index in [-0.39, 0.29) is 16.5 Å². The highest BCUT2D eigenvalue weighted by Crippen LogP contribution is 2.29. The third-order valence-electron chi connectivity index (χ3n) is 3.43. The number of thioether (sulfide) groups is 1. The quantitative estimate of drug-likeness (QED) is 0.867. The molecule has 0 spiro atoms. The molecule has 1 aliphatic rings. The highest BCUT2D eigenvalue weighted by atomic mass is 32.2. The van der Waals surface area contributed by atoms with Gasteiger partial charge in [0, 0.05) is 11.3 Å². The first-order valence-corrected chi connectivity index (χ1v) is 9.08. The molecule has 2 N–H and O–H groups in total. The predicted molar refractivity (Wildman–Crippen MR) is 78.7 cm³/mol. The van der Waals surface area contributed by atoms with Gasteiger partial charge in [0.2, 0.25) is 10.0 Å². The highest BCUT2D eigenvalue weighted by molar-refractivity contribution is 7.99. The lowest BCUT2D eigenvalue weighted by Crippen LogP contribution is -2.33. The molecule has 0 aliphatic heterocycles. The Balaban J connectivity index is 2.14. The Morgan fingerprint density at radius 2 is 2.15 bits per heavy atom. The fraction of sp³-hybridized carbons (Fsp3) is 0.462. The van der Waals surface area contributed by atoms with E-state index in [2.05, 4.69) is 4.72 Å². The first-order chi connectivity index (χ1) is 9.42. The summed E-state index contributed by atoms with van der Waals surface area (Å²) >= 11 is 1.75. The summed E-state index contributed by atoms with van der Waals surface area (Å²) in [4.78, 5) is 10.9. The van der Waals surface area contributed by atoms with E-state index in [4.69, 9.17) is 5.11 Å². The zero-order valence-corrected chi connectivity index (χ0v) is 12.7. The number of hydrogen-bond donors (Lipinski definition) is 2. The van der Waals surface area contributed by atoms with E-state index in [1.54, 1.807) is 11.8 Å². The van der Waals surface area contributed by atoms with Crippen LogP contribution in [-0.4, -0.2) is 37.0 Å². The van der Waals surface area contributed by atoms with Crippen molar-refractivity contribution >= 4 is 27.8 Å². The van der Waals surface area contributed by atoms with E-state index in [9.17, 15) is 13.2 Å². The van der Waals surface area contributed by atoms with Crippen LogP contribution in [0.3, 0.4) is 0 Å². The van der Waals surface area contributed by atoms with Crippen LogP contribution in [0.15, 0.2) is 29.2 Å². The van der Waals surface area contributed by atoms with Gasteiger partial charge in [0.05, 0.1) is 10.5 Å². The smallest absolute Gasteiger partial charge is 0.335 e. The third-order valence-corrected chi connectivity index (χ3v) is 6.04. The van der Waals surface area contributed by atoms with Crippen molar-refractivity contribution in [3.05, 3.63) is 29.8 Å². The van der Waals surface area contributed by atoms with Crippen molar-refractivity contribution in [3.63, 3.8) is 0 Å². The van der Waals surface area contributed by atoms with Gasteiger partial charge in [-0.2, -0.15) is 11.8 Å². The zero-order chi connectivity index (χ0) is 14.8. The van der Waals surface area contributed by atoms with Crippen LogP contribution in [0.1, 0.15) is 29.6 Å². The van der Waals surface area contributed by atoms with Crippen LogP contribution in [0.5, 0.6) is 0 Å². The van der Waals surface area contributed by atoms with E-state index < -0.39 is 16.0 Å². The van der Waals surface area contributed by atoms with E-state index >= 15 is 0 Å². The summed E-state index contributed by atoms with van der Waals surface area (Å²) in [6, 6.07) is 5.35. The van der Waals surface area contributed by atoms with Gasteiger partial charge in [-0.25, -0.2) is 17.9 Å². The molecule has 5 nitrogen and oxygen atoms in total. The zero-order valence-electron chi connectivity index (χ0n) is 11.1. The number of hydrogen-bond acceptors (Lipinski definition) is 4. The third kappa shape index (κ3) is 3.53. The molecular weight excluding hydrogens is 298 g/mol. The van der Waals surface area contributed by atoms with Gasteiger partial charge in [0.15, 0.2) is 0 Å². The molecule has 0 amide bonds. The molecule has 1 aliphatic carbocycles. The molecule has 1 saturated carbocycles. The van der Waals surface area contributed by atoms with Gasteiger partial charge in [-0.1, -0.05) is 6.07 Å². The lowest BCUT2D eigenvalue weighted by molar-refractivity contribution is 0.0696. The maximum atomic E-state index is 12.2. The average Bonchev–Trinajstić information content (AvgIpc) is 2.86. The maximum Gasteiger partial charge on any atom is 0.335 e. The molecule has 0 bridgehead atoms. The van der Waals surface area contributed by atoms with Crippen LogP contribution < -0.4 is 4.72 Å². The SMILES string of the molecule is CSC1CCC(NS(=O)(=O)c2cccc(C(=O)O)c2)C1. The summed E-state index contributed by atoms with van der Waals surface area (Å²) in [5.41, 5.74) is -0.0266. The molecule has 2 atom stereocenters. The van der Waals surface area contributed by atoms with Gasteiger partial charge in [-0.05, 0) is 43.7 Å². The molecular formula is C13H17NO4S2. The van der Waals surface area contributed by atoms with Crippen LogP contribution in [-0.2, 0) is 10.0 Å². The van der Waals surface area contributed by atoms with E-state index in [0.29, 0.717) is 5.25 Å². The fourth-order valence-corrected chi connectivity index (χ4v) is 4.47. The largest absolute Gasteiger partial charge is 0.478 e. The minimum absolute atomic E-state index is 0.00463. The minimum Gasteiger partial charge on any atom is -0.478 e. The Morgan fingerprint density at radius 1 is 1.40 bits per heavy atom. The molecule has 0 radical (unpaired) electrons. The van der Waals surface area contributed by atoms with Crippen molar-refractivity contribution in [3.8, 4) is 0 Å². The van der Waals surface area contributed by atoms with E-state index in [1.807, 2.05) is 6.26 Å². The maximum absolute atomic E-state index is 12.2. The average molecular weight is 315 g/mol. The molecule has 1 fully saturated rings. The molecule has 110 valence electrons. The van der Waals surface area contributed by atoms with Crippen LogP contribution in [0, 0.1) is 0 Å². The van der Waals surface area contributed by atoms with Crippen molar-refractivity contribution in [2.24, 2.45) is 0 Å². The Morgan fingerprint density at radius 3 is 2.75 bits per heavy atom. The number of carboxylic acids is 1. The molecule has 0 saturated heterocycles. The van der Waals surface area contributed by atoms with E-state index in [0.717, 1.165) is 19.3 Å². The lowest BCUT2D eigenvalue weighted by Gasteiger charge is -2.13. The number of benzene rings is 1. The van der Waals surface area contributed by atoms with Gasteiger partial charge >= 0.3 is 5.97 Å². The fourth-order valence-electron chi connectivity index (χ4n) is 2.34. The molecule has 1 aromatic carbocycles. The second-order valence-electron chi connectivity index (χ2n) is 4.82. The first-order valence-electron chi connectivity index (χ1n) is 6.31. The first kappa shape index (κ1) is 15.3. The summed E-state index contributed by atoms with van der Waals surface area (Å²) in [5, 5.41) is 9.40. The molecule has 0 aromatic heterocycles. The number of rotatable bonds is 5. The monoisotopic (exact) mass is 315 g/mol. The number of sulfonamides is 1. The van der Waals surface area contributed by atoms with Gasteiger partial charge in [-0.15, -0.1) is 0 Å². The molecule has 1 aromatic rings. The van der Waals surface area contributed by atoms with Crippen molar-refractivity contribution in [1.29, 1.82) is 0 Å². The van der Waals surface area contributed by atoms with Crippen molar-refractivity contribution in [2.75, 3.05) is 6.26 Å². The second-order valence-corrected chi connectivity index (χ2v) is 7.67. The molecule has 0 heterocycles. The number of nitrogens with one attached hydrogen (secondary N) is 1. The molecule has 2 rings (SSSR count). The molecule has 2 unspecified atom stereocenters. The Kier molecular flexibility index (Phi) is 4.72. The summed E-state index contributed by atoms with van der Waals surface area (Å²) < 4.78 is 27.2.